The summed E-state index contributed by atoms with van der Waals surface area (Å²) in [6.45, 7) is 8.31. The van der Waals surface area contributed by atoms with E-state index in [-0.39, 0.29) is 12.6 Å². The lowest BCUT2D eigenvalue weighted by molar-refractivity contribution is -0.144. The monoisotopic (exact) mass is 258 g/mol. The fourth-order valence-electron chi connectivity index (χ4n) is 2.03. The minimum atomic E-state index is -0.0822. The van der Waals surface area contributed by atoms with Gasteiger partial charge >= 0.3 is 5.97 Å². The second kappa shape index (κ2) is 9.30. The van der Waals surface area contributed by atoms with Crippen LogP contribution in [0.25, 0.3) is 0 Å². The van der Waals surface area contributed by atoms with Crippen LogP contribution in [0, 0.1) is 0 Å². The Balaban J connectivity index is 2.04. The fraction of sp³-hybridized carbons (Fsp3) is 0.923. The molecule has 0 atom stereocenters. The minimum Gasteiger partial charge on any atom is -0.466 e. The number of aliphatic hydroxyl groups is 1. The standard InChI is InChI=1S/C13H26N2O3/c1-2-3-12-18-13(17)4-5-14-6-8-15(9-7-14)10-11-16/h16H,2-12H2,1H3. The van der Waals surface area contributed by atoms with Gasteiger partial charge in [-0.1, -0.05) is 13.3 Å². The van der Waals surface area contributed by atoms with Crippen molar-refractivity contribution in [3.8, 4) is 0 Å². The van der Waals surface area contributed by atoms with E-state index in [0.717, 1.165) is 52.1 Å². The van der Waals surface area contributed by atoms with Crippen LogP contribution in [0.5, 0.6) is 0 Å². The summed E-state index contributed by atoms with van der Waals surface area (Å²) < 4.78 is 5.12. The van der Waals surface area contributed by atoms with Crippen LogP contribution in [-0.2, 0) is 9.53 Å². The van der Waals surface area contributed by atoms with Crippen molar-refractivity contribution in [1.29, 1.82) is 0 Å². The molecule has 0 aliphatic carbocycles. The topological polar surface area (TPSA) is 53.0 Å². The highest BCUT2D eigenvalue weighted by atomic mass is 16.5. The van der Waals surface area contributed by atoms with Crippen molar-refractivity contribution < 1.29 is 14.6 Å². The molecule has 0 radical (unpaired) electrons. The van der Waals surface area contributed by atoms with Crippen LogP contribution in [0.3, 0.4) is 0 Å². The first-order chi connectivity index (χ1) is 8.76. The molecule has 1 fully saturated rings. The molecular formula is C13H26N2O3. The molecule has 106 valence electrons. The number of hydrogen-bond acceptors (Lipinski definition) is 5. The average Bonchev–Trinajstić information content (AvgIpc) is 2.39. The first kappa shape index (κ1) is 15.4. The maximum atomic E-state index is 11.4. The van der Waals surface area contributed by atoms with E-state index in [1.54, 1.807) is 0 Å². The predicted octanol–water partition coefficient (Wildman–Crippen LogP) is 0.330. The van der Waals surface area contributed by atoms with Crippen molar-refractivity contribution >= 4 is 5.97 Å². The number of aliphatic hydroxyl groups excluding tert-OH is 1. The molecule has 5 heteroatoms. The first-order valence-electron chi connectivity index (χ1n) is 6.97. The number of hydrogen-bond donors (Lipinski definition) is 1. The van der Waals surface area contributed by atoms with Gasteiger partial charge in [-0.25, -0.2) is 0 Å². The van der Waals surface area contributed by atoms with Crippen molar-refractivity contribution in [1.82, 2.24) is 9.80 Å². The van der Waals surface area contributed by atoms with Crippen LogP contribution in [0.1, 0.15) is 26.2 Å². The summed E-state index contributed by atoms with van der Waals surface area (Å²) in [6, 6.07) is 0. The molecule has 0 spiro atoms. The highest BCUT2D eigenvalue weighted by molar-refractivity contribution is 5.69. The van der Waals surface area contributed by atoms with Gasteiger partial charge in [-0.15, -0.1) is 0 Å². The maximum absolute atomic E-state index is 11.4. The molecule has 0 unspecified atom stereocenters. The lowest BCUT2D eigenvalue weighted by Gasteiger charge is -2.34. The van der Waals surface area contributed by atoms with Gasteiger partial charge in [-0.05, 0) is 6.42 Å². The van der Waals surface area contributed by atoms with Crippen molar-refractivity contribution in [2.45, 2.75) is 26.2 Å². The molecule has 1 rings (SSSR count). The van der Waals surface area contributed by atoms with E-state index in [2.05, 4.69) is 16.7 Å². The Kier molecular flexibility index (Phi) is 7.96. The second-order valence-electron chi connectivity index (χ2n) is 4.73. The molecule has 0 aromatic heterocycles. The normalized spacial score (nSPS) is 17.9. The third-order valence-corrected chi connectivity index (χ3v) is 3.27. The van der Waals surface area contributed by atoms with E-state index in [0.29, 0.717) is 13.0 Å². The van der Waals surface area contributed by atoms with Gasteiger partial charge in [0.1, 0.15) is 0 Å². The average molecular weight is 258 g/mol. The van der Waals surface area contributed by atoms with Gasteiger partial charge in [0.2, 0.25) is 0 Å². The van der Waals surface area contributed by atoms with Crippen LogP contribution < -0.4 is 0 Å². The van der Waals surface area contributed by atoms with Gasteiger partial charge < -0.3 is 14.7 Å². The second-order valence-corrected chi connectivity index (χ2v) is 4.73. The van der Waals surface area contributed by atoms with Crippen LogP contribution >= 0.6 is 0 Å². The number of β-amino-alcohol motifs (C(OH)–C–C–N with tert-alkyl or cyclic N) is 1. The molecule has 1 saturated heterocycles. The third kappa shape index (κ3) is 6.33. The number of carbonyl (C=O) groups is 1. The Labute approximate surface area is 110 Å². The van der Waals surface area contributed by atoms with Crippen LogP contribution in [0.15, 0.2) is 0 Å². The minimum absolute atomic E-state index is 0.0822. The molecule has 18 heavy (non-hydrogen) atoms. The summed E-state index contributed by atoms with van der Waals surface area (Å²) in [5.74, 6) is -0.0822. The number of carbonyl (C=O) groups excluding carboxylic acids is 1. The zero-order valence-corrected chi connectivity index (χ0v) is 11.4. The molecule has 1 heterocycles. The fourth-order valence-corrected chi connectivity index (χ4v) is 2.03. The Morgan fingerprint density at radius 3 is 2.33 bits per heavy atom. The van der Waals surface area contributed by atoms with Gasteiger partial charge in [-0.2, -0.15) is 0 Å². The number of rotatable bonds is 8. The quantitative estimate of drug-likeness (QED) is 0.502. The largest absolute Gasteiger partial charge is 0.466 e. The highest BCUT2D eigenvalue weighted by Gasteiger charge is 2.16. The third-order valence-electron chi connectivity index (χ3n) is 3.27. The van der Waals surface area contributed by atoms with E-state index < -0.39 is 0 Å². The zero-order valence-electron chi connectivity index (χ0n) is 11.4. The van der Waals surface area contributed by atoms with Gasteiger partial charge in [0.25, 0.3) is 0 Å². The smallest absolute Gasteiger partial charge is 0.307 e. The van der Waals surface area contributed by atoms with E-state index in [1.165, 1.54) is 0 Å². The summed E-state index contributed by atoms with van der Waals surface area (Å²) in [5, 5.41) is 8.85. The molecule has 0 aromatic carbocycles. The van der Waals surface area contributed by atoms with Crippen molar-refractivity contribution in [3.63, 3.8) is 0 Å². The van der Waals surface area contributed by atoms with Gasteiger partial charge in [0.15, 0.2) is 0 Å². The molecular weight excluding hydrogens is 232 g/mol. The zero-order chi connectivity index (χ0) is 13.2. The van der Waals surface area contributed by atoms with E-state index >= 15 is 0 Å². The highest BCUT2D eigenvalue weighted by Crippen LogP contribution is 2.02. The molecule has 1 aliphatic rings. The Bertz CT molecular complexity index is 228. The lowest BCUT2D eigenvalue weighted by atomic mass is 10.3. The van der Waals surface area contributed by atoms with Gasteiger partial charge in [-0.3, -0.25) is 9.69 Å². The molecule has 1 aliphatic heterocycles. The molecule has 0 saturated carbocycles. The number of nitrogens with zero attached hydrogens (tertiary/aromatic N) is 2. The Morgan fingerprint density at radius 1 is 1.17 bits per heavy atom. The SMILES string of the molecule is CCCCOC(=O)CCN1CCN(CCO)CC1. The van der Waals surface area contributed by atoms with Gasteiger partial charge in [0, 0.05) is 39.3 Å². The molecule has 1 N–H and O–H groups in total. The Morgan fingerprint density at radius 2 is 1.78 bits per heavy atom. The number of piperazine rings is 1. The molecule has 0 aromatic rings. The summed E-state index contributed by atoms with van der Waals surface area (Å²) in [5.41, 5.74) is 0. The van der Waals surface area contributed by atoms with Crippen LogP contribution in [0.4, 0.5) is 0 Å². The summed E-state index contributed by atoms with van der Waals surface area (Å²) >= 11 is 0. The van der Waals surface area contributed by atoms with Crippen LogP contribution in [-0.4, -0.2) is 73.4 Å². The van der Waals surface area contributed by atoms with E-state index in [9.17, 15) is 4.79 Å². The lowest BCUT2D eigenvalue weighted by Crippen LogP contribution is -2.47. The molecule has 0 amide bonds. The van der Waals surface area contributed by atoms with E-state index in [4.69, 9.17) is 9.84 Å². The maximum Gasteiger partial charge on any atom is 0.307 e. The first-order valence-corrected chi connectivity index (χ1v) is 6.97. The summed E-state index contributed by atoms with van der Waals surface area (Å²) in [7, 11) is 0. The van der Waals surface area contributed by atoms with Crippen molar-refractivity contribution in [2.75, 3.05) is 52.5 Å². The molecule has 5 nitrogen and oxygen atoms in total. The van der Waals surface area contributed by atoms with Crippen molar-refractivity contribution in [3.05, 3.63) is 0 Å². The number of ether oxygens (including phenoxy) is 1. The molecule has 0 bridgehead atoms. The Hall–Kier alpha value is -0.650. The number of esters is 1. The van der Waals surface area contributed by atoms with E-state index in [1.807, 2.05) is 0 Å². The van der Waals surface area contributed by atoms with Crippen LogP contribution in [0.2, 0.25) is 0 Å². The van der Waals surface area contributed by atoms with Crippen molar-refractivity contribution in [2.24, 2.45) is 0 Å². The summed E-state index contributed by atoms with van der Waals surface area (Å²) in [4.78, 5) is 16.0. The van der Waals surface area contributed by atoms with Gasteiger partial charge in [0.05, 0.1) is 19.6 Å². The summed E-state index contributed by atoms with van der Waals surface area (Å²) in [6.07, 6.45) is 2.50. The predicted molar refractivity (Wildman–Crippen MR) is 70.4 cm³/mol. The number of unbranched alkanes of at least 4 members (excludes halogenated alkanes) is 1.